The fraction of sp³-hybridized carbons (Fsp3) is 0.474. The van der Waals surface area contributed by atoms with Crippen molar-refractivity contribution in [2.45, 2.75) is 46.6 Å². The molecule has 134 valence electrons. The van der Waals surface area contributed by atoms with Crippen molar-refractivity contribution in [3.8, 4) is 0 Å². The van der Waals surface area contributed by atoms with E-state index in [-0.39, 0.29) is 0 Å². The number of rotatable bonds is 9. The molecule has 0 saturated heterocycles. The van der Waals surface area contributed by atoms with Gasteiger partial charge in [-0.1, -0.05) is 73.1 Å². The Morgan fingerprint density at radius 3 is 1.71 bits per heavy atom. The maximum absolute atomic E-state index is 5.98. The van der Waals surface area contributed by atoms with Crippen LogP contribution in [0.3, 0.4) is 0 Å². The van der Waals surface area contributed by atoms with Crippen molar-refractivity contribution < 1.29 is 8.85 Å². The molecule has 24 heavy (non-hydrogen) atoms. The summed E-state index contributed by atoms with van der Waals surface area (Å²) in [7, 11) is -5.33. The van der Waals surface area contributed by atoms with Crippen LogP contribution in [0.2, 0.25) is 32.7 Å². The van der Waals surface area contributed by atoms with E-state index >= 15 is 0 Å². The van der Waals surface area contributed by atoms with Gasteiger partial charge in [0.1, 0.15) is 8.07 Å². The van der Waals surface area contributed by atoms with Crippen LogP contribution in [0.15, 0.2) is 53.1 Å². The second-order valence-electron chi connectivity index (χ2n) is 7.56. The van der Waals surface area contributed by atoms with Gasteiger partial charge in [-0.05, 0) is 26.1 Å². The molecule has 1 unspecified atom stereocenters. The first-order valence-corrected chi connectivity index (χ1v) is 17.5. The van der Waals surface area contributed by atoms with Gasteiger partial charge in [0.2, 0.25) is 0 Å². The topological polar surface area (TPSA) is 18.5 Å². The average molecular weight is 379 g/mol. The van der Waals surface area contributed by atoms with Crippen molar-refractivity contribution in [2.75, 3.05) is 13.2 Å². The molecule has 0 radical (unpaired) electrons. The van der Waals surface area contributed by atoms with Crippen LogP contribution in [0, 0.1) is 0 Å². The molecule has 0 saturated carbocycles. The number of hydrogen-bond acceptors (Lipinski definition) is 2. The van der Waals surface area contributed by atoms with Gasteiger partial charge in [-0.3, -0.25) is 0 Å². The minimum atomic E-state index is -2.24. The van der Waals surface area contributed by atoms with Crippen molar-refractivity contribution >= 4 is 29.9 Å². The van der Waals surface area contributed by atoms with E-state index in [9.17, 15) is 0 Å². The van der Waals surface area contributed by atoms with E-state index in [0.29, 0.717) is 13.2 Å². The molecule has 0 heterocycles. The van der Waals surface area contributed by atoms with Crippen LogP contribution in [-0.4, -0.2) is 37.9 Å². The van der Waals surface area contributed by atoms with Gasteiger partial charge in [0, 0.05) is 13.2 Å². The zero-order valence-corrected chi connectivity index (χ0v) is 19.4. The molecule has 1 atom stereocenters. The van der Waals surface area contributed by atoms with Gasteiger partial charge >= 0.3 is 8.56 Å². The molecule has 0 spiro atoms. The molecule has 0 amide bonds. The molecule has 1 rings (SSSR count). The highest BCUT2D eigenvalue weighted by Crippen LogP contribution is 2.16. The fourth-order valence-corrected chi connectivity index (χ4v) is 11.3. The first-order chi connectivity index (χ1) is 11.1. The third kappa shape index (κ3) is 7.03. The van der Waals surface area contributed by atoms with Crippen LogP contribution in [0.25, 0.3) is 0 Å². The monoisotopic (exact) mass is 378 g/mol. The van der Waals surface area contributed by atoms with E-state index in [0.717, 1.165) is 0 Å². The molecule has 0 aliphatic rings. The zero-order chi connectivity index (χ0) is 18.3. The van der Waals surface area contributed by atoms with Crippen molar-refractivity contribution in [1.82, 2.24) is 0 Å². The lowest BCUT2D eigenvalue weighted by Gasteiger charge is -2.26. The van der Waals surface area contributed by atoms with Gasteiger partial charge in [0.25, 0.3) is 0 Å². The quantitative estimate of drug-likeness (QED) is 0.579. The zero-order valence-electron chi connectivity index (χ0n) is 16.4. The Morgan fingerprint density at radius 2 is 1.25 bits per heavy atom. The summed E-state index contributed by atoms with van der Waals surface area (Å²) in [6.07, 6.45) is 0. The molecular formula is C19H34O2Si3. The van der Waals surface area contributed by atoms with Crippen LogP contribution in [-0.2, 0) is 8.85 Å². The number of benzene rings is 1. The smallest absolute Gasteiger partial charge is 0.361 e. The van der Waals surface area contributed by atoms with Crippen LogP contribution < -0.4 is 5.19 Å². The van der Waals surface area contributed by atoms with E-state index < -0.39 is 24.7 Å². The molecule has 2 nitrogen and oxygen atoms in total. The largest absolute Gasteiger partial charge is 0.392 e. The van der Waals surface area contributed by atoms with Crippen LogP contribution in [0.4, 0.5) is 0 Å². The number of hydrogen-bond donors (Lipinski definition) is 0. The standard InChI is InChI=1S/C19H34O2Si3/c1-8-20-24(7,21-9-2)18-17-23(6,16-15-22(3,4)5)19-13-11-10-12-14-19/h10-18H,8-9H2,1-7H3. The first-order valence-electron chi connectivity index (χ1n) is 8.88. The summed E-state index contributed by atoms with van der Waals surface area (Å²) in [5.74, 6) is 0. The minimum Gasteiger partial charge on any atom is -0.392 e. The molecule has 0 aliphatic carbocycles. The molecule has 0 aromatic heterocycles. The van der Waals surface area contributed by atoms with Crippen LogP contribution in [0.5, 0.6) is 0 Å². The summed E-state index contributed by atoms with van der Waals surface area (Å²) in [6.45, 7) is 17.2. The minimum absolute atomic E-state index is 0.696. The predicted octanol–water partition coefficient (Wildman–Crippen LogP) is 4.72. The van der Waals surface area contributed by atoms with Gasteiger partial charge in [0.05, 0.1) is 8.07 Å². The average Bonchev–Trinajstić information content (AvgIpc) is 2.52. The van der Waals surface area contributed by atoms with E-state index in [1.54, 1.807) is 0 Å². The SMILES string of the molecule is CCO[Si](C)(C=C[Si](C)(C=C[Si](C)(C)C)c1ccccc1)OCC. The lowest BCUT2D eigenvalue weighted by Crippen LogP contribution is -2.44. The van der Waals surface area contributed by atoms with Crippen molar-refractivity contribution in [3.05, 3.63) is 53.1 Å². The highest BCUT2D eigenvalue weighted by molar-refractivity contribution is 7.00. The third-order valence-electron chi connectivity index (χ3n) is 3.92. The summed E-state index contributed by atoms with van der Waals surface area (Å²) in [5.41, 5.74) is 9.65. The highest BCUT2D eigenvalue weighted by Gasteiger charge is 2.31. The molecule has 0 N–H and O–H groups in total. The lowest BCUT2D eigenvalue weighted by molar-refractivity contribution is 0.201. The molecule has 5 heteroatoms. The molecular weight excluding hydrogens is 344 g/mol. The summed E-state index contributed by atoms with van der Waals surface area (Å²) >= 11 is 0. The summed E-state index contributed by atoms with van der Waals surface area (Å²) < 4.78 is 12.0. The maximum Gasteiger partial charge on any atom is 0.361 e. The Hall–Kier alpha value is -0.729. The van der Waals surface area contributed by atoms with Crippen molar-refractivity contribution in [1.29, 1.82) is 0 Å². The first kappa shape index (κ1) is 21.3. The molecule has 0 aliphatic heterocycles. The summed E-state index contributed by atoms with van der Waals surface area (Å²) in [6, 6.07) is 10.9. The van der Waals surface area contributed by atoms with Crippen molar-refractivity contribution in [2.24, 2.45) is 0 Å². The lowest BCUT2D eigenvalue weighted by atomic mass is 10.4. The Kier molecular flexibility index (Phi) is 8.08. The Bertz CT molecular complexity index is 543. The Labute approximate surface area is 151 Å². The van der Waals surface area contributed by atoms with Gasteiger partial charge in [-0.15, -0.1) is 5.70 Å². The molecule has 1 aromatic rings. The fourth-order valence-electron chi connectivity index (χ4n) is 2.50. The van der Waals surface area contributed by atoms with Gasteiger partial charge in [0.15, 0.2) is 0 Å². The second-order valence-corrected chi connectivity index (χ2v) is 19.4. The predicted molar refractivity (Wildman–Crippen MR) is 114 cm³/mol. The highest BCUT2D eigenvalue weighted by atomic mass is 28.4. The summed E-state index contributed by atoms with van der Waals surface area (Å²) in [4.78, 5) is 0. The van der Waals surface area contributed by atoms with Crippen molar-refractivity contribution in [3.63, 3.8) is 0 Å². The molecule has 0 fully saturated rings. The van der Waals surface area contributed by atoms with E-state index in [1.807, 2.05) is 13.8 Å². The Balaban J connectivity index is 3.23. The Morgan fingerprint density at radius 1 is 0.750 bits per heavy atom. The molecule has 0 bridgehead atoms. The van der Waals surface area contributed by atoms with E-state index in [4.69, 9.17) is 8.85 Å². The summed E-state index contributed by atoms with van der Waals surface area (Å²) in [5, 5.41) is 1.43. The van der Waals surface area contributed by atoms with Gasteiger partial charge < -0.3 is 8.85 Å². The second kappa shape index (κ2) is 9.10. The molecule has 1 aromatic carbocycles. The van der Waals surface area contributed by atoms with Gasteiger partial charge in [-0.2, -0.15) is 0 Å². The normalized spacial score (nSPS) is 16.0. The van der Waals surface area contributed by atoms with Gasteiger partial charge in [-0.25, -0.2) is 0 Å². The third-order valence-corrected chi connectivity index (χ3v) is 11.5. The van der Waals surface area contributed by atoms with E-state index in [1.165, 1.54) is 5.19 Å². The van der Waals surface area contributed by atoms with E-state index in [2.05, 4.69) is 85.9 Å². The van der Waals surface area contributed by atoms with Crippen LogP contribution in [0.1, 0.15) is 13.8 Å². The van der Waals surface area contributed by atoms with Crippen LogP contribution >= 0.6 is 0 Å². The maximum atomic E-state index is 5.98.